The van der Waals surface area contributed by atoms with Gasteiger partial charge in [0.25, 0.3) is 5.91 Å². The third-order valence-corrected chi connectivity index (χ3v) is 7.28. The molecule has 0 bridgehead atoms. The lowest BCUT2D eigenvalue weighted by Crippen LogP contribution is -2.50. The zero-order valence-electron chi connectivity index (χ0n) is 18.0. The van der Waals surface area contributed by atoms with Crippen molar-refractivity contribution in [2.24, 2.45) is 0 Å². The minimum Gasteiger partial charge on any atom is -0.377 e. The molecule has 0 saturated carbocycles. The molecule has 2 aliphatic rings. The van der Waals surface area contributed by atoms with Crippen molar-refractivity contribution >= 4 is 40.9 Å². The largest absolute Gasteiger partial charge is 0.377 e. The summed E-state index contributed by atoms with van der Waals surface area (Å²) in [7, 11) is 0. The molecule has 2 saturated heterocycles. The van der Waals surface area contributed by atoms with E-state index in [1.165, 1.54) is 0 Å². The van der Waals surface area contributed by atoms with E-state index in [0.717, 1.165) is 35.7 Å². The van der Waals surface area contributed by atoms with E-state index in [9.17, 15) is 9.59 Å². The van der Waals surface area contributed by atoms with Gasteiger partial charge in [-0.05, 0) is 37.1 Å². The quantitative estimate of drug-likeness (QED) is 0.616. The van der Waals surface area contributed by atoms with Crippen molar-refractivity contribution in [2.75, 3.05) is 50.4 Å². The number of hydrogen-bond donors (Lipinski definition) is 1. The highest BCUT2D eigenvalue weighted by Gasteiger charge is 2.25. The lowest BCUT2D eigenvalue weighted by atomic mass is 10.2. The molecule has 0 radical (unpaired) electrons. The van der Waals surface area contributed by atoms with Crippen molar-refractivity contribution in [3.05, 3.63) is 59.1 Å². The smallest absolute Gasteiger partial charge is 0.255 e. The topological polar surface area (TPSA) is 61.9 Å². The number of carbonyl (C=O) groups excluding carboxylic acids is 2. The molecule has 32 heavy (non-hydrogen) atoms. The van der Waals surface area contributed by atoms with Crippen molar-refractivity contribution in [2.45, 2.75) is 23.8 Å². The molecule has 2 aromatic rings. The van der Waals surface area contributed by atoms with Gasteiger partial charge in [0.05, 0.1) is 28.9 Å². The van der Waals surface area contributed by atoms with Gasteiger partial charge in [0.2, 0.25) is 5.91 Å². The van der Waals surface area contributed by atoms with Gasteiger partial charge in [-0.2, -0.15) is 0 Å². The maximum Gasteiger partial charge on any atom is 0.255 e. The highest BCUT2D eigenvalue weighted by atomic mass is 35.5. The summed E-state index contributed by atoms with van der Waals surface area (Å²) in [5.74, 6) is 0.827. The monoisotopic (exact) mass is 473 g/mol. The molecule has 1 atom stereocenters. The SMILES string of the molecule is O=C(CN1CCN(C(=O)c2ccccc2SC[C@@H]2CCCO2)CC1)Nc1ccccc1Cl. The first-order valence-electron chi connectivity index (χ1n) is 11.0. The van der Waals surface area contributed by atoms with Crippen LogP contribution in [0.15, 0.2) is 53.4 Å². The number of piperazine rings is 1. The fourth-order valence-corrected chi connectivity index (χ4v) is 5.26. The van der Waals surface area contributed by atoms with E-state index < -0.39 is 0 Å². The number of amides is 2. The normalized spacial score (nSPS) is 19.2. The molecule has 1 N–H and O–H groups in total. The molecule has 6 nitrogen and oxygen atoms in total. The van der Waals surface area contributed by atoms with Crippen LogP contribution in [0.5, 0.6) is 0 Å². The summed E-state index contributed by atoms with van der Waals surface area (Å²) >= 11 is 7.82. The number of rotatable bonds is 7. The zero-order chi connectivity index (χ0) is 22.3. The van der Waals surface area contributed by atoms with Crippen LogP contribution >= 0.6 is 23.4 Å². The lowest BCUT2D eigenvalue weighted by Gasteiger charge is -2.34. The Hall–Kier alpha value is -2.06. The van der Waals surface area contributed by atoms with E-state index in [0.29, 0.717) is 36.9 Å². The molecule has 2 heterocycles. The van der Waals surface area contributed by atoms with Crippen LogP contribution in [0.4, 0.5) is 5.69 Å². The summed E-state index contributed by atoms with van der Waals surface area (Å²) in [5, 5.41) is 3.38. The van der Waals surface area contributed by atoms with Crippen LogP contribution in [-0.2, 0) is 9.53 Å². The van der Waals surface area contributed by atoms with Crippen LogP contribution in [0.25, 0.3) is 0 Å². The Kier molecular flexibility index (Phi) is 8.08. The van der Waals surface area contributed by atoms with Gasteiger partial charge in [0, 0.05) is 43.4 Å². The van der Waals surface area contributed by atoms with Gasteiger partial charge >= 0.3 is 0 Å². The van der Waals surface area contributed by atoms with Crippen molar-refractivity contribution in [1.82, 2.24) is 9.80 Å². The molecule has 2 aliphatic heterocycles. The molecule has 2 aromatic carbocycles. The van der Waals surface area contributed by atoms with Gasteiger partial charge in [-0.1, -0.05) is 35.9 Å². The minimum atomic E-state index is -0.103. The molecular weight excluding hydrogens is 446 g/mol. The van der Waals surface area contributed by atoms with E-state index >= 15 is 0 Å². The standard InChI is InChI=1S/C24H28ClN3O3S/c25-20-8-2-3-9-21(20)26-23(29)16-27-11-13-28(14-12-27)24(30)19-7-1-4-10-22(19)32-17-18-6-5-15-31-18/h1-4,7-10,18H,5-6,11-17H2,(H,26,29)/t18-/m0/s1. The maximum atomic E-state index is 13.2. The number of benzene rings is 2. The molecule has 0 aliphatic carbocycles. The van der Waals surface area contributed by atoms with E-state index in [1.807, 2.05) is 41.3 Å². The van der Waals surface area contributed by atoms with Crippen molar-refractivity contribution < 1.29 is 14.3 Å². The first kappa shape index (κ1) is 23.1. The molecule has 8 heteroatoms. The number of nitrogens with zero attached hydrogens (tertiary/aromatic N) is 2. The second kappa shape index (κ2) is 11.2. The van der Waals surface area contributed by atoms with Gasteiger partial charge in [-0.3, -0.25) is 14.5 Å². The van der Waals surface area contributed by atoms with Crippen LogP contribution in [0.1, 0.15) is 23.2 Å². The van der Waals surface area contributed by atoms with Gasteiger partial charge in [-0.15, -0.1) is 11.8 Å². The third kappa shape index (κ3) is 6.04. The summed E-state index contributed by atoms with van der Waals surface area (Å²) in [6.07, 6.45) is 2.49. The molecule has 0 aromatic heterocycles. The summed E-state index contributed by atoms with van der Waals surface area (Å²) in [6.45, 7) is 3.64. The summed E-state index contributed by atoms with van der Waals surface area (Å²) in [6, 6.07) is 15.0. The second-order valence-electron chi connectivity index (χ2n) is 8.04. The zero-order valence-corrected chi connectivity index (χ0v) is 19.5. The Morgan fingerprint density at radius 2 is 1.81 bits per heavy atom. The second-order valence-corrected chi connectivity index (χ2v) is 9.51. The Labute approximate surface area is 198 Å². The molecular formula is C24H28ClN3O3S. The molecule has 2 fully saturated rings. The maximum absolute atomic E-state index is 13.2. The van der Waals surface area contributed by atoms with E-state index in [4.69, 9.17) is 16.3 Å². The van der Waals surface area contributed by atoms with Gasteiger partial charge in [0.15, 0.2) is 0 Å². The highest BCUT2D eigenvalue weighted by Crippen LogP contribution is 2.28. The fraction of sp³-hybridized carbons (Fsp3) is 0.417. The van der Waals surface area contributed by atoms with E-state index in [2.05, 4.69) is 10.2 Å². The molecule has 2 amide bonds. The Bertz CT molecular complexity index is 944. The number of thioether (sulfide) groups is 1. The van der Waals surface area contributed by atoms with Crippen molar-refractivity contribution in [1.29, 1.82) is 0 Å². The lowest BCUT2D eigenvalue weighted by molar-refractivity contribution is -0.117. The average Bonchev–Trinajstić information content (AvgIpc) is 3.33. The number of ether oxygens (including phenoxy) is 1. The Morgan fingerprint density at radius 3 is 2.56 bits per heavy atom. The van der Waals surface area contributed by atoms with Crippen LogP contribution in [0, 0.1) is 0 Å². The van der Waals surface area contributed by atoms with Crippen molar-refractivity contribution in [3.8, 4) is 0 Å². The Balaban J connectivity index is 1.28. The number of halogens is 1. The number of carbonyl (C=O) groups is 2. The molecule has 4 rings (SSSR count). The minimum absolute atomic E-state index is 0.0561. The van der Waals surface area contributed by atoms with E-state index in [-0.39, 0.29) is 24.5 Å². The molecule has 0 spiro atoms. The number of hydrogen-bond acceptors (Lipinski definition) is 5. The predicted octanol–water partition coefficient (Wildman–Crippen LogP) is 4.01. The first-order valence-corrected chi connectivity index (χ1v) is 12.4. The number of anilines is 1. The molecule has 170 valence electrons. The molecule has 0 unspecified atom stereocenters. The third-order valence-electron chi connectivity index (χ3n) is 5.74. The highest BCUT2D eigenvalue weighted by molar-refractivity contribution is 7.99. The summed E-state index contributed by atoms with van der Waals surface area (Å²) in [4.78, 5) is 30.5. The predicted molar refractivity (Wildman–Crippen MR) is 129 cm³/mol. The van der Waals surface area contributed by atoms with Gasteiger partial charge < -0.3 is 15.0 Å². The van der Waals surface area contributed by atoms with E-state index in [1.54, 1.807) is 23.9 Å². The van der Waals surface area contributed by atoms with Crippen LogP contribution in [0.3, 0.4) is 0 Å². The Morgan fingerprint density at radius 1 is 1.06 bits per heavy atom. The van der Waals surface area contributed by atoms with Gasteiger partial charge in [-0.25, -0.2) is 0 Å². The van der Waals surface area contributed by atoms with Gasteiger partial charge in [0.1, 0.15) is 0 Å². The summed E-state index contributed by atoms with van der Waals surface area (Å²) in [5.41, 5.74) is 1.37. The van der Waals surface area contributed by atoms with Crippen molar-refractivity contribution in [3.63, 3.8) is 0 Å². The first-order chi connectivity index (χ1) is 15.6. The average molecular weight is 474 g/mol. The van der Waals surface area contributed by atoms with Crippen LogP contribution in [0.2, 0.25) is 5.02 Å². The summed E-state index contributed by atoms with van der Waals surface area (Å²) < 4.78 is 5.72. The fourth-order valence-electron chi connectivity index (χ4n) is 3.96. The van der Waals surface area contributed by atoms with Crippen LogP contribution in [-0.4, -0.2) is 72.8 Å². The number of para-hydroxylation sites is 1. The van der Waals surface area contributed by atoms with Crippen LogP contribution < -0.4 is 5.32 Å². The number of nitrogens with one attached hydrogen (secondary N) is 1.